The Hall–Kier alpha value is -2.48. The summed E-state index contributed by atoms with van der Waals surface area (Å²) < 4.78 is 21.2. The van der Waals surface area contributed by atoms with Gasteiger partial charge in [-0.3, -0.25) is 9.36 Å². The largest absolute Gasteiger partial charge is 0.364 e. The minimum absolute atomic E-state index is 0.00226. The molecule has 0 bridgehead atoms. The molecule has 0 saturated carbocycles. The monoisotopic (exact) mass is 348 g/mol. The zero-order valence-corrected chi connectivity index (χ0v) is 14.2. The van der Waals surface area contributed by atoms with Crippen molar-refractivity contribution >= 4 is 5.91 Å². The summed E-state index contributed by atoms with van der Waals surface area (Å²) in [5, 5.41) is 6.11. The lowest BCUT2D eigenvalue weighted by molar-refractivity contribution is -0.156. The molecular formula is C17H21FN4O3. The van der Waals surface area contributed by atoms with Crippen molar-refractivity contribution in [3.05, 3.63) is 52.5 Å². The molecule has 0 spiro atoms. The molecular weight excluding hydrogens is 327 g/mol. The first-order valence-corrected chi connectivity index (χ1v) is 8.18. The van der Waals surface area contributed by atoms with Gasteiger partial charge in [0, 0.05) is 31.8 Å². The van der Waals surface area contributed by atoms with E-state index in [1.165, 1.54) is 19.5 Å². The van der Waals surface area contributed by atoms with Crippen LogP contribution < -0.4 is 5.69 Å². The third kappa shape index (κ3) is 3.09. The molecule has 1 aromatic heterocycles. The van der Waals surface area contributed by atoms with E-state index in [4.69, 9.17) is 4.74 Å². The van der Waals surface area contributed by atoms with Gasteiger partial charge in [0.05, 0.1) is 0 Å². The Morgan fingerprint density at radius 1 is 1.36 bits per heavy atom. The number of rotatable bonds is 4. The topological polar surface area (TPSA) is 80.2 Å². The quantitative estimate of drug-likeness (QED) is 0.907. The number of piperidine rings is 1. The number of amides is 1. The van der Waals surface area contributed by atoms with Crippen LogP contribution in [0.2, 0.25) is 0 Å². The molecule has 1 aromatic carbocycles. The molecule has 3 rings (SSSR count). The predicted molar refractivity (Wildman–Crippen MR) is 88.5 cm³/mol. The number of carbonyl (C=O) groups excluding carboxylic acids is 1. The van der Waals surface area contributed by atoms with E-state index in [9.17, 15) is 14.0 Å². The third-order valence-corrected chi connectivity index (χ3v) is 4.93. The highest BCUT2D eigenvalue weighted by Gasteiger charge is 2.41. The summed E-state index contributed by atoms with van der Waals surface area (Å²) in [5.41, 5.74) is -1.42. The lowest BCUT2D eigenvalue weighted by Gasteiger charge is -2.38. The highest BCUT2D eigenvalue weighted by molar-refractivity contribution is 5.86. The van der Waals surface area contributed by atoms with Gasteiger partial charge in [-0.05, 0) is 25.8 Å². The summed E-state index contributed by atoms with van der Waals surface area (Å²) in [4.78, 5) is 26.3. The molecule has 134 valence electrons. The Bertz CT molecular complexity index is 810. The maximum absolute atomic E-state index is 14.2. The number of nitrogens with zero attached hydrogens (tertiary/aromatic N) is 3. The van der Waals surface area contributed by atoms with Gasteiger partial charge in [-0.25, -0.2) is 14.3 Å². The maximum Gasteiger partial charge on any atom is 0.343 e. The van der Waals surface area contributed by atoms with Gasteiger partial charge in [0.25, 0.3) is 5.91 Å². The van der Waals surface area contributed by atoms with Crippen LogP contribution in [-0.4, -0.2) is 45.8 Å². The first-order chi connectivity index (χ1) is 12.0. The zero-order valence-electron chi connectivity index (χ0n) is 14.2. The van der Waals surface area contributed by atoms with Gasteiger partial charge in [0.1, 0.15) is 12.1 Å². The Morgan fingerprint density at radius 2 is 2.04 bits per heavy atom. The summed E-state index contributed by atoms with van der Waals surface area (Å²) in [5.74, 6) is -0.752. The van der Waals surface area contributed by atoms with Crippen molar-refractivity contribution in [1.29, 1.82) is 0 Å². The van der Waals surface area contributed by atoms with Crippen LogP contribution in [-0.2, 0) is 15.1 Å². The summed E-state index contributed by atoms with van der Waals surface area (Å²) in [6.45, 7) is 2.52. The van der Waals surface area contributed by atoms with Crippen LogP contribution in [0, 0.1) is 5.82 Å². The highest BCUT2D eigenvalue weighted by Crippen LogP contribution is 2.31. The number of aromatic nitrogens is 3. The van der Waals surface area contributed by atoms with Crippen LogP contribution in [0.4, 0.5) is 4.39 Å². The Balaban J connectivity index is 1.76. The second-order valence-corrected chi connectivity index (χ2v) is 6.31. The van der Waals surface area contributed by atoms with Crippen LogP contribution in [0.1, 0.15) is 31.4 Å². The van der Waals surface area contributed by atoms with Gasteiger partial charge in [-0.15, -0.1) is 0 Å². The van der Waals surface area contributed by atoms with Gasteiger partial charge in [0.2, 0.25) is 0 Å². The fourth-order valence-corrected chi connectivity index (χ4v) is 3.33. The number of halogens is 1. The Labute approximate surface area is 144 Å². The fraction of sp³-hybridized carbons (Fsp3) is 0.471. The van der Waals surface area contributed by atoms with Gasteiger partial charge in [-0.2, -0.15) is 5.10 Å². The van der Waals surface area contributed by atoms with E-state index in [0.717, 1.165) is 0 Å². The van der Waals surface area contributed by atoms with Gasteiger partial charge >= 0.3 is 5.69 Å². The standard InChI is InChI=1S/C17H21FN4O3/c1-17(25-2,13-5-3-4-6-14(13)18)15(23)21-9-7-12(8-10-21)22-11-19-20-16(22)24/h3-6,11-12H,7-10H2,1-2H3,(H,20,24)/t17-/m1/s1. The average molecular weight is 348 g/mol. The number of benzene rings is 1. The van der Waals surface area contributed by atoms with Crippen molar-refractivity contribution in [3.63, 3.8) is 0 Å². The van der Waals surface area contributed by atoms with E-state index in [2.05, 4.69) is 10.2 Å². The molecule has 1 aliphatic heterocycles. The van der Waals surface area contributed by atoms with Crippen molar-refractivity contribution in [2.24, 2.45) is 0 Å². The smallest absolute Gasteiger partial charge is 0.343 e. The van der Waals surface area contributed by atoms with Crippen LogP contribution in [0.5, 0.6) is 0 Å². The van der Waals surface area contributed by atoms with Crippen molar-refractivity contribution in [1.82, 2.24) is 19.7 Å². The number of H-pyrrole nitrogens is 1. The number of ether oxygens (including phenoxy) is 1. The molecule has 2 heterocycles. The van der Waals surface area contributed by atoms with Gasteiger partial charge < -0.3 is 9.64 Å². The molecule has 1 aliphatic rings. The minimum Gasteiger partial charge on any atom is -0.364 e. The van der Waals surface area contributed by atoms with E-state index >= 15 is 0 Å². The second kappa shape index (κ2) is 6.79. The number of hydrogen-bond donors (Lipinski definition) is 1. The summed E-state index contributed by atoms with van der Waals surface area (Å²) in [6, 6.07) is 6.14. The molecule has 0 aliphatic carbocycles. The van der Waals surface area contributed by atoms with Crippen molar-refractivity contribution in [3.8, 4) is 0 Å². The molecule has 1 N–H and O–H groups in total. The Kier molecular flexibility index (Phi) is 4.71. The summed E-state index contributed by atoms with van der Waals surface area (Å²) >= 11 is 0. The zero-order chi connectivity index (χ0) is 18.0. The van der Waals surface area contributed by atoms with E-state index in [0.29, 0.717) is 25.9 Å². The number of aromatic amines is 1. The fourth-order valence-electron chi connectivity index (χ4n) is 3.33. The number of likely N-dealkylation sites (tertiary alicyclic amines) is 1. The van der Waals surface area contributed by atoms with Crippen LogP contribution in [0.15, 0.2) is 35.4 Å². The van der Waals surface area contributed by atoms with Crippen LogP contribution in [0.3, 0.4) is 0 Å². The highest BCUT2D eigenvalue weighted by atomic mass is 19.1. The number of nitrogens with one attached hydrogen (secondary N) is 1. The molecule has 7 nitrogen and oxygen atoms in total. The average Bonchev–Trinajstić information content (AvgIpc) is 3.07. The molecule has 2 aromatic rings. The molecule has 25 heavy (non-hydrogen) atoms. The Morgan fingerprint density at radius 3 is 2.60 bits per heavy atom. The SMILES string of the molecule is CO[C@@](C)(C(=O)N1CCC(n2cn[nH]c2=O)CC1)c1ccccc1F. The molecule has 1 atom stereocenters. The molecule has 0 radical (unpaired) electrons. The third-order valence-electron chi connectivity index (χ3n) is 4.93. The molecule has 0 unspecified atom stereocenters. The van der Waals surface area contributed by atoms with Crippen LogP contribution in [0.25, 0.3) is 0 Å². The van der Waals surface area contributed by atoms with Crippen molar-refractivity contribution in [2.75, 3.05) is 20.2 Å². The molecule has 8 heteroatoms. The normalized spacial score (nSPS) is 18.1. The lowest BCUT2D eigenvalue weighted by Crippen LogP contribution is -2.50. The minimum atomic E-state index is -1.38. The van der Waals surface area contributed by atoms with E-state index in [-0.39, 0.29) is 23.2 Å². The van der Waals surface area contributed by atoms with E-state index in [1.807, 2.05) is 0 Å². The van der Waals surface area contributed by atoms with Gasteiger partial charge in [0.15, 0.2) is 5.60 Å². The maximum atomic E-state index is 14.2. The lowest BCUT2D eigenvalue weighted by atomic mass is 9.92. The molecule has 1 saturated heterocycles. The first-order valence-electron chi connectivity index (χ1n) is 8.18. The summed E-state index contributed by atoms with van der Waals surface area (Å²) in [7, 11) is 1.40. The van der Waals surface area contributed by atoms with Crippen molar-refractivity contribution < 1.29 is 13.9 Å². The predicted octanol–water partition coefficient (Wildman–Crippen LogP) is 1.44. The van der Waals surface area contributed by atoms with E-state index in [1.54, 1.807) is 34.6 Å². The first kappa shape index (κ1) is 17.3. The van der Waals surface area contributed by atoms with Crippen LogP contribution >= 0.6 is 0 Å². The number of hydrogen-bond acceptors (Lipinski definition) is 4. The van der Waals surface area contributed by atoms with E-state index < -0.39 is 11.4 Å². The number of carbonyl (C=O) groups is 1. The summed E-state index contributed by atoms with van der Waals surface area (Å²) in [6.07, 6.45) is 2.73. The number of methoxy groups -OCH3 is 1. The molecule has 1 fully saturated rings. The second-order valence-electron chi connectivity index (χ2n) is 6.31. The van der Waals surface area contributed by atoms with Gasteiger partial charge in [-0.1, -0.05) is 18.2 Å². The van der Waals surface area contributed by atoms with Crippen molar-refractivity contribution in [2.45, 2.75) is 31.4 Å². The molecule has 1 amide bonds.